The topological polar surface area (TPSA) is 80.1 Å². The normalized spacial score (nSPS) is 21.3. The summed E-state index contributed by atoms with van der Waals surface area (Å²) >= 11 is 0. The van der Waals surface area contributed by atoms with Crippen molar-refractivity contribution in [1.29, 1.82) is 0 Å². The van der Waals surface area contributed by atoms with E-state index in [1.807, 2.05) is 10.7 Å². The van der Waals surface area contributed by atoms with E-state index in [2.05, 4.69) is 53.5 Å². The van der Waals surface area contributed by atoms with E-state index in [0.29, 0.717) is 18.6 Å². The van der Waals surface area contributed by atoms with Crippen LogP contribution in [0.15, 0.2) is 30.5 Å². The van der Waals surface area contributed by atoms with Gasteiger partial charge in [0.15, 0.2) is 5.65 Å². The maximum absolute atomic E-state index is 5.74. The molecule has 7 heteroatoms. The van der Waals surface area contributed by atoms with E-state index in [1.165, 1.54) is 22.2 Å². The minimum atomic E-state index is 0.246. The van der Waals surface area contributed by atoms with Crippen molar-refractivity contribution in [3.63, 3.8) is 0 Å². The summed E-state index contributed by atoms with van der Waals surface area (Å²) in [6.07, 6.45) is 7.15. The summed E-state index contributed by atoms with van der Waals surface area (Å²) in [6.45, 7) is 5.91. The molecule has 3 aromatic heterocycles. The zero-order chi connectivity index (χ0) is 21.7. The number of H-pyrrole nitrogens is 1. The van der Waals surface area contributed by atoms with E-state index >= 15 is 0 Å². The standard InChI is InChI=1S/C25H30N6O/c1-15(2)20-13-26-31-24(20)29-23(16-6-5-11-32-14-16)30-25(31)27-17-9-10-22-19(12-17)18-7-3-4-8-21(18)28-22/h3-4,7-8,13,15-17,28H,5-6,9-12,14H2,1-2H3,(H,27,29,30)/t16-,17-/m0/s1. The van der Waals surface area contributed by atoms with Crippen molar-refractivity contribution in [2.75, 3.05) is 18.5 Å². The molecule has 2 N–H and O–H groups in total. The number of hydrogen-bond acceptors (Lipinski definition) is 5. The molecule has 6 rings (SSSR count). The van der Waals surface area contributed by atoms with Crippen LogP contribution in [0.25, 0.3) is 16.6 Å². The van der Waals surface area contributed by atoms with Crippen LogP contribution < -0.4 is 5.32 Å². The molecule has 0 radical (unpaired) electrons. The number of rotatable bonds is 4. The van der Waals surface area contributed by atoms with Crippen molar-refractivity contribution < 1.29 is 4.74 Å². The molecule has 32 heavy (non-hydrogen) atoms. The lowest BCUT2D eigenvalue weighted by molar-refractivity contribution is 0.0781. The van der Waals surface area contributed by atoms with Crippen LogP contribution in [-0.4, -0.2) is 43.8 Å². The number of para-hydroxylation sites is 1. The first-order chi connectivity index (χ1) is 15.7. The van der Waals surface area contributed by atoms with Crippen molar-refractivity contribution in [3.8, 4) is 0 Å². The van der Waals surface area contributed by atoms with Crippen LogP contribution in [0.4, 0.5) is 5.95 Å². The Labute approximate surface area is 187 Å². The van der Waals surface area contributed by atoms with Gasteiger partial charge in [0.2, 0.25) is 5.95 Å². The highest BCUT2D eigenvalue weighted by molar-refractivity contribution is 5.85. The molecular weight excluding hydrogens is 400 g/mol. The molecule has 166 valence electrons. The predicted octanol–water partition coefficient (Wildman–Crippen LogP) is 4.59. The molecule has 1 saturated heterocycles. The van der Waals surface area contributed by atoms with Crippen LogP contribution in [0.5, 0.6) is 0 Å². The number of nitrogens with one attached hydrogen (secondary N) is 2. The van der Waals surface area contributed by atoms with Gasteiger partial charge in [-0.25, -0.2) is 4.98 Å². The smallest absolute Gasteiger partial charge is 0.227 e. The summed E-state index contributed by atoms with van der Waals surface area (Å²) in [6, 6.07) is 8.91. The lowest BCUT2D eigenvalue weighted by atomic mass is 9.91. The number of aryl methyl sites for hydroxylation is 1. The fraction of sp³-hybridized carbons (Fsp3) is 0.480. The average molecular weight is 431 g/mol. The lowest BCUT2D eigenvalue weighted by Gasteiger charge is -2.25. The van der Waals surface area contributed by atoms with E-state index in [-0.39, 0.29) is 5.92 Å². The number of hydrogen-bond donors (Lipinski definition) is 2. The van der Waals surface area contributed by atoms with Crippen LogP contribution in [0.2, 0.25) is 0 Å². The Morgan fingerprint density at radius 2 is 2.09 bits per heavy atom. The Kier molecular flexibility index (Phi) is 4.86. The fourth-order valence-corrected chi connectivity index (χ4v) is 5.21. The minimum absolute atomic E-state index is 0.246. The molecule has 0 saturated carbocycles. The summed E-state index contributed by atoms with van der Waals surface area (Å²) in [5, 5.41) is 9.75. The number of nitrogens with zero attached hydrogens (tertiary/aromatic N) is 4. The number of aromatic nitrogens is 5. The monoisotopic (exact) mass is 430 g/mol. The summed E-state index contributed by atoms with van der Waals surface area (Å²) in [7, 11) is 0. The third kappa shape index (κ3) is 3.35. The summed E-state index contributed by atoms with van der Waals surface area (Å²) in [5.74, 6) is 2.28. The van der Waals surface area contributed by atoms with Gasteiger partial charge >= 0.3 is 0 Å². The largest absolute Gasteiger partial charge is 0.381 e. The maximum atomic E-state index is 5.74. The molecule has 2 aliphatic rings. The third-order valence-corrected chi connectivity index (χ3v) is 6.99. The quantitative estimate of drug-likeness (QED) is 0.495. The van der Waals surface area contributed by atoms with Gasteiger partial charge in [-0.2, -0.15) is 14.6 Å². The first kappa shape index (κ1) is 19.7. The first-order valence-corrected chi connectivity index (χ1v) is 11.9. The third-order valence-electron chi connectivity index (χ3n) is 6.99. The number of anilines is 1. The highest BCUT2D eigenvalue weighted by Gasteiger charge is 2.26. The first-order valence-electron chi connectivity index (χ1n) is 11.9. The molecule has 0 amide bonds. The summed E-state index contributed by atoms with van der Waals surface area (Å²) in [4.78, 5) is 13.6. The Balaban J connectivity index is 1.36. The molecule has 7 nitrogen and oxygen atoms in total. The van der Waals surface area contributed by atoms with Gasteiger partial charge < -0.3 is 15.0 Å². The van der Waals surface area contributed by atoms with Gasteiger partial charge in [-0.3, -0.25) is 0 Å². The number of aromatic amines is 1. The molecule has 0 bridgehead atoms. The van der Waals surface area contributed by atoms with Crippen molar-refractivity contribution in [3.05, 3.63) is 53.1 Å². The number of ether oxygens (including phenoxy) is 1. The van der Waals surface area contributed by atoms with E-state index in [0.717, 1.165) is 61.7 Å². The van der Waals surface area contributed by atoms with Crippen molar-refractivity contribution in [2.24, 2.45) is 0 Å². The number of fused-ring (bicyclic) bond motifs is 4. The second kappa shape index (κ2) is 7.89. The Morgan fingerprint density at radius 3 is 2.94 bits per heavy atom. The average Bonchev–Trinajstić information content (AvgIpc) is 3.41. The number of benzene rings is 1. The highest BCUT2D eigenvalue weighted by atomic mass is 16.5. The van der Waals surface area contributed by atoms with E-state index in [9.17, 15) is 0 Å². The Morgan fingerprint density at radius 1 is 1.19 bits per heavy atom. The van der Waals surface area contributed by atoms with Crippen LogP contribution >= 0.6 is 0 Å². The molecule has 0 unspecified atom stereocenters. The van der Waals surface area contributed by atoms with Crippen molar-refractivity contribution >= 4 is 22.5 Å². The van der Waals surface area contributed by atoms with E-state index in [4.69, 9.17) is 14.7 Å². The SMILES string of the molecule is CC(C)c1cnn2c(N[C@H]3CCc4[nH]c5ccccc5c4C3)nc([C@H]3CCCOC3)nc12. The predicted molar refractivity (Wildman–Crippen MR) is 125 cm³/mol. The second-order valence-corrected chi connectivity index (χ2v) is 9.52. The Hall–Kier alpha value is -2.93. The molecule has 0 spiro atoms. The minimum Gasteiger partial charge on any atom is -0.381 e. The van der Waals surface area contributed by atoms with E-state index < -0.39 is 0 Å². The van der Waals surface area contributed by atoms with Gasteiger partial charge in [-0.05, 0) is 49.7 Å². The fourth-order valence-electron chi connectivity index (χ4n) is 5.21. The van der Waals surface area contributed by atoms with Crippen LogP contribution in [0.3, 0.4) is 0 Å². The van der Waals surface area contributed by atoms with Gasteiger partial charge in [-0.15, -0.1) is 0 Å². The van der Waals surface area contributed by atoms with Gasteiger partial charge in [0, 0.05) is 40.7 Å². The van der Waals surface area contributed by atoms with Crippen LogP contribution in [-0.2, 0) is 17.6 Å². The molecule has 4 aromatic rings. The zero-order valence-electron chi connectivity index (χ0n) is 18.8. The summed E-state index contributed by atoms with van der Waals surface area (Å²) < 4.78 is 7.64. The van der Waals surface area contributed by atoms with E-state index in [1.54, 1.807) is 0 Å². The van der Waals surface area contributed by atoms with Gasteiger partial charge in [0.1, 0.15) is 5.82 Å². The maximum Gasteiger partial charge on any atom is 0.227 e. The van der Waals surface area contributed by atoms with Crippen LogP contribution in [0, 0.1) is 0 Å². The molecule has 1 aliphatic heterocycles. The highest BCUT2D eigenvalue weighted by Crippen LogP contribution is 2.31. The van der Waals surface area contributed by atoms with Gasteiger partial charge in [0.25, 0.3) is 0 Å². The van der Waals surface area contributed by atoms with Crippen molar-refractivity contribution in [1.82, 2.24) is 24.6 Å². The van der Waals surface area contributed by atoms with Crippen molar-refractivity contribution in [2.45, 2.75) is 63.8 Å². The van der Waals surface area contributed by atoms with Crippen LogP contribution in [0.1, 0.15) is 67.6 Å². The molecule has 1 aromatic carbocycles. The lowest BCUT2D eigenvalue weighted by Crippen LogP contribution is -2.29. The molecule has 4 heterocycles. The van der Waals surface area contributed by atoms with Gasteiger partial charge in [-0.1, -0.05) is 32.0 Å². The summed E-state index contributed by atoms with van der Waals surface area (Å²) in [5.41, 5.74) is 6.12. The van der Waals surface area contributed by atoms with Gasteiger partial charge in [0.05, 0.1) is 12.8 Å². The molecule has 2 atom stereocenters. The molecule has 1 aliphatic carbocycles. The molecule has 1 fully saturated rings. The second-order valence-electron chi connectivity index (χ2n) is 9.52. The zero-order valence-corrected chi connectivity index (χ0v) is 18.8. The Bertz CT molecular complexity index is 1270. The molecular formula is C25H30N6O.